The molecule has 0 radical (unpaired) electrons. The summed E-state index contributed by atoms with van der Waals surface area (Å²) in [5.41, 5.74) is 4.36. The number of nitrogens with one attached hydrogen (secondary N) is 2. The average molecular weight is 371 g/mol. The molecule has 0 unspecified atom stereocenters. The summed E-state index contributed by atoms with van der Waals surface area (Å²) in [5.74, 6) is 0.787. The van der Waals surface area contributed by atoms with Gasteiger partial charge in [-0.2, -0.15) is 10.2 Å². The lowest BCUT2D eigenvalue weighted by Gasteiger charge is -2.14. The first kappa shape index (κ1) is 17.9. The van der Waals surface area contributed by atoms with Gasteiger partial charge in [0, 0.05) is 21.7 Å². The first-order valence-corrected chi connectivity index (χ1v) is 8.46. The Morgan fingerprint density at radius 1 is 1.27 bits per heavy atom. The van der Waals surface area contributed by atoms with Gasteiger partial charge in [0.1, 0.15) is 11.5 Å². The standard InChI is InChI=1S/C19H19ClN4O2/c1-19(2,3)17-10-15(22-23-17)18(25)24-21-11-14-7-8-16(26-14)12-5-4-6-13(20)9-12/h4-11H,1-3H3,(H,22,23)(H,24,25)/b21-11-. The van der Waals surface area contributed by atoms with Crippen LogP contribution in [-0.4, -0.2) is 22.3 Å². The van der Waals surface area contributed by atoms with Crippen LogP contribution in [-0.2, 0) is 5.41 Å². The molecule has 7 heteroatoms. The zero-order valence-electron chi connectivity index (χ0n) is 14.7. The molecule has 2 heterocycles. The highest BCUT2D eigenvalue weighted by atomic mass is 35.5. The summed E-state index contributed by atoms with van der Waals surface area (Å²) in [5, 5.41) is 11.4. The Morgan fingerprint density at radius 3 is 2.77 bits per heavy atom. The van der Waals surface area contributed by atoms with Crippen molar-refractivity contribution in [2.24, 2.45) is 5.10 Å². The highest BCUT2D eigenvalue weighted by Gasteiger charge is 2.19. The van der Waals surface area contributed by atoms with Crippen LogP contribution in [0.4, 0.5) is 0 Å². The van der Waals surface area contributed by atoms with Crippen molar-refractivity contribution in [1.29, 1.82) is 0 Å². The quantitative estimate of drug-likeness (QED) is 0.528. The molecule has 0 bridgehead atoms. The average Bonchev–Trinajstić information content (AvgIpc) is 3.24. The number of carbonyl (C=O) groups is 1. The summed E-state index contributed by atoms with van der Waals surface area (Å²) in [6.45, 7) is 6.11. The minimum absolute atomic E-state index is 0.111. The van der Waals surface area contributed by atoms with Gasteiger partial charge in [-0.25, -0.2) is 5.43 Å². The number of rotatable bonds is 4. The van der Waals surface area contributed by atoms with Crippen molar-refractivity contribution in [3.8, 4) is 11.3 Å². The van der Waals surface area contributed by atoms with Crippen LogP contribution >= 0.6 is 11.6 Å². The predicted octanol–water partition coefficient (Wildman–Crippen LogP) is 4.38. The molecule has 0 aliphatic carbocycles. The lowest BCUT2D eigenvalue weighted by Crippen LogP contribution is -2.18. The SMILES string of the molecule is CC(C)(C)c1cc(C(=O)N/N=C\c2ccc(-c3cccc(Cl)c3)o2)n[nH]1. The number of aromatic nitrogens is 2. The van der Waals surface area contributed by atoms with Gasteiger partial charge in [-0.1, -0.05) is 44.5 Å². The van der Waals surface area contributed by atoms with E-state index in [1.54, 1.807) is 18.2 Å². The summed E-state index contributed by atoms with van der Waals surface area (Å²) in [6.07, 6.45) is 1.43. The van der Waals surface area contributed by atoms with Crippen molar-refractivity contribution in [2.75, 3.05) is 0 Å². The Balaban J connectivity index is 1.64. The van der Waals surface area contributed by atoms with Crippen molar-refractivity contribution < 1.29 is 9.21 Å². The maximum Gasteiger partial charge on any atom is 0.291 e. The second-order valence-corrected chi connectivity index (χ2v) is 7.26. The first-order valence-electron chi connectivity index (χ1n) is 8.08. The number of amides is 1. The summed E-state index contributed by atoms with van der Waals surface area (Å²) >= 11 is 5.98. The number of hydrogen-bond donors (Lipinski definition) is 2. The molecule has 1 amide bonds. The van der Waals surface area contributed by atoms with E-state index in [0.717, 1.165) is 11.3 Å². The van der Waals surface area contributed by atoms with Crippen molar-refractivity contribution in [2.45, 2.75) is 26.2 Å². The lowest BCUT2D eigenvalue weighted by molar-refractivity contribution is 0.0950. The molecule has 2 N–H and O–H groups in total. The van der Waals surface area contributed by atoms with Crippen molar-refractivity contribution in [3.05, 3.63) is 64.6 Å². The van der Waals surface area contributed by atoms with E-state index in [1.165, 1.54) is 6.21 Å². The molecule has 3 aromatic rings. The third kappa shape index (κ3) is 4.21. The molecule has 6 nitrogen and oxygen atoms in total. The molecule has 0 fully saturated rings. The van der Waals surface area contributed by atoms with Gasteiger partial charge in [0.15, 0.2) is 5.69 Å². The Labute approximate surface area is 156 Å². The second-order valence-electron chi connectivity index (χ2n) is 6.83. The van der Waals surface area contributed by atoms with Gasteiger partial charge in [0.2, 0.25) is 0 Å². The Kier molecular flexibility index (Phi) is 4.95. The molecule has 134 valence electrons. The lowest BCUT2D eigenvalue weighted by atomic mass is 9.92. The smallest absolute Gasteiger partial charge is 0.291 e. The topological polar surface area (TPSA) is 83.3 Å². The van der Waals surface area contributed by atoms with Crippen LogP contribution in [0.5, 0.6) is 0 Å². The first-order chi connectivity index (χ1) is 12.3. The van der Waals surface area contributed by atoms with E-state index in [2.05, 4.69) is 20.7 Å². The number of hydrogen-bond acceptors (Lipinski definition) is 4. The fourth-order valence-electron chi connectivity index (χ4n) is 2.25. The van der Waals surface area contributed by atoms with Crippen LogP contribution in [0.15, 0.2) is 52.0 Å². The molecule has 0 atom stereocenters. The van der Waals surface area contributed by atoms with E-state index in [1.807, 2.05) is 45.0 Å². The van der Waals surface area contributed by atoms with E-state index >= 15 is 0 Å². The Bertz CT molecular complexity index is 950. The largest absolute Gasteiger partial charge is 0.455 e. The minimum atomic E-state index is -0.394. The highest BCUT2D eigenvalue weighted by Crippen LogP contribution is 2.24. The highest BCUT2D eigenvalue weighted by molar-refractivity contribution is 6.30. The number of nitrogens with zero attached hydrogens (tertiary/aromatic N) is 2. The maximum absolute atomic E-state index is 12.1. The van der Waals surface area contributed by atoms with Crippen LogP contribution in [0.1, 0.15) is 42.7 Å². The number of aromatic amines is 1. The number of hydrazone groups is 1. The second kappa shape index (κ2) is 7.17. The fraction of sp³-hybridized carbons (Fsp3) is 0.211. The monoisotopic (exact) mass is 370 g/mol. The van der Waals surface area contributed by atoms with Gasteiger partial charge >= 0.3 is 0 Å². The molecule has 3 rings (SSSR count). The van der Waals surface area contributed by atoms with E-state index in [4.69, 9.17) is 16.0 Å². The molecule has 26 heavy (non-hydrogen) atoms. The Morgan fingerprint density at radius 2 is 2.08 bits per heavy atom. The summed E-state index contributed by atoms with van der Waals surface area (Å²) in [6, 6.07) is 12.7. The van der Waals surface area contributed by atoms with Crippen LogP contribution in [0.3, 0.4) is 0 Å². The van der Waals surface area contributed by atoms with E-state index in [-0.39, 0.29) is 11.1 Å². The van der Waals surface area contributed by atoms with Crippen molar-refractivity contribution >= 4 is 23.7 Å². The van der Waals surface area contributed by atoms with E-state index in [0.29, 0.717) is 16.5 Å². The number of halogens is 1. The van der Waals surface area contributed by atoms with Gasteiger partial charge in [-0.05, 0) is 30.3 Å². The molecule has 0 aliphatic heterocycles. The number of benzene rings is 1. The van der Waals surface area contributed by atoms with E-state index in [9.17, 15) is 4.79 Å². The van der Waals surface area contributed by atoms with Crippen LogP contribution < -0.4 is 5.43 Å². The van der Waals surface area contributed by atoms with E-state index < -0.39 is 5.91 Å². The minimum Gasteiger partial charge on any atom is -0.455 e. The van der Waals surface area contributed by atoms with Crippen molar-refractivity contribution in [3.63, 3.8) is 0 Å². The van der Waals surface area contributed by atoms with Gasteiger partial charge < -0.3 is 4.42 Å². The molecule has 1 aromatic carbocycles. The van der Waals surface area contributed by atoms with Gasteiger partial charge in [-0.3, -0.25) is 9.89 Å². The third-order valence-electron chi connectivity index (χ3n) is 3.71. The van der Waals surface area contributed by atoms with Crippen LogP contribution in [0.2, 0.25) is 5.02 Å². The van der Waals surface area contributed by atoms with Crippen LogP contribution in [0.25, 0.3) is 11.3 Å². The molecule has 0 saturated heterocycles. The van der Waals surface area contributed by atoms with Crippen LogP contribution in [0, 0.1) is 0 Å². The van der Waals surface area contributed by atoms with Gasteiger partial charge in [0.25, 0.3) is 5.91 Å². The molecule has 2 aromatic heterocycles. The fourth-order valence-corrected chi connectivity index (χ4v) is 2.44. The van der Waals surface area contributed by atoms with Gasteiger partial charge in [-0.15, -0.1) is 0 Å². The number of H-pyrrole nitrogens is 1. The molecular formula is C19H19ClN4O2. The molecule has 0 spiro atoms. The normalized spacial score (nSPS) is 11.8. The molecule has 0 saturated carbocycles. The Hall–Kier alpha value is -2.86. The van der Waals surface area contributed by atoms with Crippen molar-refractivity contribution in [1.82, 2.24) is 15.6 Å². The predicted molar refractivity (Wildman–Crippen MR) is 102 cm³/mol. The van der Waals surface area contributed by atoms with Gasteiger partial charge in [0.05, 0.1) is 6.21 Å². The molecule has 0 aliphatic rings. The number of furan rings is 1. The third-order valence-corrected chi connectivity index (χ3v) is 3.95. The molecular weight excluding hydrogens is 352 g/mol. The zero-order chi connectivity index (χ0) is 18.7. The zero-order valence-corrected chi connectivity index (χ0v) is 15.5. The summed E-state index contributed by atoms with van der Waals surface area (Å²) < 4.78 is 5.68. The number of carbonyl (C=O) groups excluding carboxylic acids is 1. The maximum atomic E-state index is 12.1. The summed E-state index contributed by atoms with van der Waals surface area (Å²) in [4.78, 5) is 12.1. The summed E-state index contributed by atoms with van der Waals surface area (Å²) in [7, 11) is 0.